The highest BCUT2D eigenvalue weighted by Gasteiger charge is 2.24. The average Bonchev–Trinajstić information content (AvgIpc) is 3.08. The first-order valence-corrected chi connectivity index (χ1v) is 8.98. The molecule has 0 saturated heterocycles. The van der Waals surface area contributed by atoms with E-state index in [2.05, 4.69) is 15.1 Å². The zero-order chi connectivity index (χ0) is 18.1. The Kier molecular flexibility index (Phi) is 4.25. The number of non-ortho nitro benzene ring substituents is 1. The summed E-state index contributed by atoms with van der Waals surface area (Å²) in [6, 6.07) is 6.40. The van der Waals surface area contributed by atoms with E-state index < -0.39 is 4.92 Å². The van der Waals surface area contributed by atoms with Crippen LogP contribution in [0.4, 0.5) is 11.4 Å². The number of anilines is 1. The quantitative estimate of drug-likeness (QED) is 0.393. The molecule has 0 N–H and O–H groups in total. The van der Waals surface area contributed by atoms with Crippen molar-refractivity contribution in [3.63, 3.8) is 0 Å². The minimum Gasteiger partial charge on any atom is -0.311 e. The summed E-state index contributed by atoms with van der Waals surface area (Å²) < 4.78 is 1.56. The van der Waals surface area contributed by atoms with E-state index >= 15 is 0 Å². The van der Waals surface area contributed by atoms with E-state index in [0.717, 1.165) is 24.1 Å². The molecule has 2 aromatic heterocycles. The molecule has 1 aliphatic heterocycles. The van der Waals surface area contributed by atoms with E-state index in [0.29, 0.717) is 17.5 Å². The minimum atomic E-state index is -0.417. The Labute approximate surface area is 152 Å². The summed E-state index contributed by atoms with van der Waals surface area (Å²) in [5, 5.41) is 15.7. The van der Waals surface area contributed by atoms with Crippen LogP contribution in [0.15, 0.2) is 41.8 Å². The van der Waals surface area contributed by atoms with Crippen LogP contribution >= 0.6 is 11.8 Å². The molecule has 0 atom stereocenters. The topological polar surface area (TPSA) is 107 Å². The number of hydrogen-bond acceptors (Lipinski definition) is 7. The van der Waals surface area contributed by atoms with Gasteiger partial charge in [0.15, 0.2) is 0 Å². The van der Waals surface area contributed by atoms with Crippen LogP contribution in [0.1, 0.15) is 12.0 Å². The van der Waals surface area contributed by atoms with Crippen molar-refractivity contribution < 1.29 is 9.72 Å². The number of carbonyl (C=O) groups excluding carboxylic acids is 1. The van der Waals surface area contributed by atoms with Gasteiger partial charge in [-0.25, -0.2) is 9.50 Å². The normalized spacial score (nSPS) is 13.6. The number of hydrogen-bond donors (Lipinski definition) is 0. The van der Waals surface area contributed by atoms with Gasteiger partial charge in [-0.15, -0.1) is 5.10 Å². The molecule has 0 saturated carbocycles. The maximum absolute atomic E-state index is 12.7. The molecule has 0 bridgehead atoms. The molecule has 3 aromatic rings. The van der Waals surface area contributed by atoms with Gasteiger partial charge in [0.2, 0.25) is 11.1 Å². The lowest BCUT2D eigenvalue weighted by Crippen LogP contribution is -2.36. The predicted molar refractivity (Wildman–Crippen MR) is 95.3 cm³/mol. The molecule has 0 fully saturated rings. The Morgan fingerprint density at radius 3 is 3.08 bits per heavy atom. The SMILES string of the molecule is O=C(CSc1nc2ncccn2n1)N1CCCc2cc([N+](=O)[O-])ccc21. The van der Waals surface area contributed by atoms with E-state index in [1.807, 2.05) is 0 Å². The molecule has 1 aliphatic rings. The standard InChI is InChI=1S/C16H14N6O3S/c23-14(10-26-16-18-15-17-6-2-8-21(15)19-16)20-7-1-3-11-9-12(22(24)25)4-5-13(11)20/h2,4-6,8-9H,1,3,7,10H2. The lowest BCUT2D eigenvalue weighted by molar-refractivity contribution is -0.384. The van der Waals surface area contributed by atoms with Crippen LogP contribution in [0.5, 0.6) is 0 Å². The molecule has 0 unspecified atom stereocenters. The van der Waals surface area contributed by atoms with Gasteiger partial charge in [0.25, 0.3) is 11.5 Å². The van der Waals surface area contributed by atoms with Gasteiger partial charge in [-0.1, -0.05) is 11.8 Å². The smallest absolute Gasteiger partial charge is 0.269 e. The Balaban J connectivity index is 1.49. The second kappa shape index (κ2) is 6.71. The molecular formula is C16H14N6O3S. The van der Waals surface area contributed by atoms with Crippen molar-refractivity contribution in [2.45, 2.75) is 18.0 Å². The molecule has 9 nitrogen and oxygen atoms in total. The number of fused-ring (bicyclic) bond motifs is 2. The molecule has 0 radical (unpaired) electrons. The van der Waals surface area contributed by atoms with Crippen molar-refractivity contribution in [2.75, 3.05) is 17.2 Å². The molecule has 0 spiro atoms. The highest BCUT2D eigenvalue weighted by Crippen LogP contribution is 2.31. The highest BCUT2D eigenvalue weighted by atomic mass is 32.2. The predicted octanol–water partition coefficient (Wildman–Crippen LogP) is 2.10. The summed E-state index contributed by atoms with van der Waals surface area (Å²) in [4.78, 5) is 33.2. The summed E-state index contributed by atoms with van der Waals surface area (Å²) in [7, 11) is 0. The molecule has 3 heterocycles. The number of carbonyl (C=O) groups is 1. The summed E-state index contributed by atoms with van der Waals surface area (Å²) in [5.74, 6) is 0.600. The number of rotatable bonds is 4. The van der Waals surface area contributed by atoms with Gasteiger partial charge >= 0.3 is 0 Å². The Hall–Kier alpha value is -3.01. The molecule has 4 rings (SSSR count). The number of nitrogens with zero attached hydrogens (tertiary/aromatic N) is 6. The molecule has 0 aliphatic carbocycles. The number of aryl methyl sites for hydroxylation is 1. The third-order valence-corrected chi connectivity index (χ3v) is 4.94. The van der Waals surface area contributed by atoms with Crippen molar-refractivity contribution in [2.24, 2.45) is 0 Å². The Morgan fingerprint density at radius 1 is 1.38 bits per heavy atom. The van der Waals surface area contributed by atoms with E-state index in [-0.39, 0.29) is 17.3 Å². The van der Waals surface area contributed by atoms with Gasteiger partial charge < -0.3 is 4.90 Å². The van der Waals surface area contributed by atoms with Crippen molar-refractivity contribution in [1.29, 1.82) is 0 Å². The first kappa shape index (κ1) is 16.5. The number of thioether (sulfide) groups is 1. The zero-order valence-electron chi connectivity index (χ0n) is 13.6. The summed E-state index contributed by atoms with van der Waals surface area (Å²) in [5.41, 5.74) is 1.63. The maximum atomic E-state index is 12.7. The first-order valence-electron chi connectivity index (χ1n) is 8.00. The number of nitro benzene ring substituents is 1. The Morgan fingerprint density at radius 2 is 2.27 bits per heavy atom. The van der Waals surface area contributed by atoms with Gasteiger partial charge in [0, 0.05) is 36.8 Å². The highest BCUT2D eigenvalue weighted by molar-refractivity contribution is 7.99. The van der Waals surface area contributed by atoms with Crippen LogP contribution in [0.25, 0.3) is 5.78 Å². The third-order valence-electron chi connectivity index (χ3n) is 4.12. The van der Waals surface area contributed by atoms with Gasteiger partial charge in [-0.2, -0.15) is 4.98 Å². The second-order valence-electron chi connectivity index (χ2n) is 5.77. The average molecular weight is 370 g/mol. The van der Waals surface area contributed by atoms with Crippen molar-refractivity contribution >= 4 is 34.8 Å². The molecular weight excluding hydrogens is 356 g/mol. The van der Waals surface area contributed by atoms with Crippen LogP contribution in [-0.4, -0.2) is 42.7 Å². The van der Waals surface area contributed by atoms with Crippen LogP contribution in [0.2, 0.25) is 0 Å². The minimum absolute atomic E-state index is 0.0498. The van der Waals surface area contributed by atoms with Gasteiger partial charge in [-0.05, 0) is 30.5 Å². The second-order valence-corrected chi connectivity index (χ2v) is 6.71. The lowest BCUT2D eigenvalue weighted by atomic mass is 10.0. The van der Waals surface area contributed by atoms with E-state index in [9.17, 15) is 14.9 Å². The van der Waals surface area contributed by atoms with Crippen molar-refractivity contribution in [3.8, 4) is 0 Å². The molecule has 1 aromatic carbocycles. The van der Waals surface area contributed by atoms with E-state index in [1.54, 1.807) is 40.0 Å². The number of nitro groups is 1. The first-order chi connectivity index (χ1) is 12.6. The number of benzene rings is 1. The fourth-order valence-corrected chi connectivity index (χ4v) is 3.64. The largest absolute Gasteiger partial charge is 0.311 e. The molecule has 10 heteroatoms. The fraction of sp³-hybridized carbons (Fsp3) is 0.250. The fourth-order valence-electron chi connectivity index (χ4n) is 2.94. The van der Waals surface area contributed by atoms with Crippen LogP contribution in [-0.2, 0) is 11.2 Å². The zero-order valence-corrected chi connectivity index (χ0v) is 14.4. The number of aromatic nitrogens is 4. The molecule has 1 amide bonds. The maximum Gasteiger partial charge on any atom is 0.269 e. The van der Waals surface area contributed by atoms with Gasteiger partial charge in [0.05, 0.1) is 10.7 Å². The lowest BCUT2D eigenvalue weighted by Gasteiger charge is -2.29. The third kappa shape index (κ3) is 3.10. The van der Waals surface area contributed by atoms with Crippen molar-refractivity contribution in [1.82, 2.24) is 19.6 Å². The summed E-state index contributed by atoms with van der Waals surface area (Å²) >= 11 is 1.25. The molecule has 132 valence electrons. The molecule has 26 heavy (non-hydrogen) atoms. The summed E-state index contributed by atoms with van der Waals surface area (Å²) in [6.45, 7) is 0.602. The van der Waals surface area contributed by atoms with E-state index in [4.69, 9.17) is 0 Å². The van der Waals surface area contributed by atoms with Crippen LogP contribution < -0.4 is 4.90 Å². The summed E-state index contributed by atoms with van der Waals surface area (Å²) in [6.07, 6.45) is 4.89. The van der Waals surface area contributed by atoms with Crippen LogP contribution in [0, 0.1) is 10.1 Å². The Bertz CT molecular complexity index is 972. The van der Waals surface area contributed by atoms with Crippen molar-refractivity contribution in [3.05, 3.63) is 52.3 Å². The van der Waals surface area contributed by atoms with Gasteiger partial charge in [-0.3, -0.25) is 14.9 Å². The monoisotopic (exact) mass is 370 g/mol. The number of amides is 1. The van der Waals surface area contributed by atoms with Crippen LogP contribution in [0.3, 0.4) is 0 Å². The van der Waals surface area contributed by atoms with Gasteiger partial charge in [0.1, 0.15) is 0 Å². The van der Waals surface area contributed by atoms with E-state index in [1.165, 1.54) is 17.8 Å².